The SMILES string of the molecule is COc1cc(/C=N\NC(=O)c2oc3ccccc3c2C)cc(OC)c1OCC(N)=O. The van der Waals surface area contributed by atoms with Crippen LogP contribution < -0.4 is 25.4 Å². The van der Waals surface area contributed by atoms with Gasteiger partial charge in [-0.15, -0.1) is 0 Å². The maximum Gasteiger partial charge on any atom is 0.307 e. The van der Waals surface area contributed by atoms with E-state index in [-0.39, 0.29) is 18.1 Å². The quantitative estimate of drug-likeness (QED) is 0.433. The highest BCUT2D eigenvalue weighted by molar-refractivity contribution is 5.99. The Morgan fingerprint density at radius 1 is 1.17 bits per heavy atom. The van der Waals surface area contributed by atoms with Gasteiger partial charge in [-0.25, -0.2) is 5.43 Å². The van der Waals surface area contributed by atoms with Crippen LogP contribution in [-0.2, 0) is 4.79 Å². The van der Waals surface area contributed by atoms with E-state index in [4.69, 9.17) is 24.4 Å². The van der Waals surface area contributed by atoms with Crippen molar-refractivity contribution < 1.29 is 28.2 Å². The van der Waals surface area contributed by atoms with Crippen LogP contribution in [0.4, 0.5) is 0 Å². The fraction of sp³-hybridized carbons (Fsp3) is 0.190. The standard InChI is InChI=1S/C21H21N3O6/c1-12-14-6-4-5-7-15(14)30-19(12)21(26)24-23-10-13-8-16(27-2)20(17(9-13)28-3)29-11-18(22)25/h4-10H,11H2,1-3H3,(H2,22,25)(H,24,26)/b23-10-. The number of furan rings is 1. The van der Waals surface area contributed by atoms with Crippen LogP contribution in [0.2, 0.25) is 0 Å². The number of para-hydroxylation sites is 1. The fourth-order valence-electron chi connectivity index (χ4n) is 2.87. The Bertz CT molecular complexity index is 1090. The molecule has 9 heteroatoms. The zero-order chi connectivity index (χ0) is 21.7. The molecule has 2 amide bonds. The van der Waals surface area contributed by atoms with Gasteiger partial charge in [-0.2, -0.15) is 5.10 Å². The number of aryl methyl sites for hydroxylation is 1. The van der Waals surface area contributed by atoms with Crippen LogP contribution >= 0.6 is 0 Å². The molecular formula is C21H21N3O6. The molecule has 2 aromatic carbocycles. The topological polar surface area (TPSA) is 125 Å². The molecular weight excluding hydrogens is 390 g/mol. The number of nitrogens with zero attached hydrogens (tertiary/aromatic N) is 1. The molecule has 1 aromatic heterocycles. The number of fused-ring (bicyclic) bond motifs is 1. The third-order valence-electron chi connectivity index (χ3n) is 4.27. The summed E-state index contributed by atoms with van der Waals surface area (Å²) in [6.45, 7) is 1.48. The second-order valence-corrected chi connectivity index (χ2v) is 6.26. The van der Waals surface area contributed by atoms with Gasteiger partial charge in [0.2, 0.25) is 5.75 Å². The molecule has 3 aromatic rings. The minimum atomic E-state index is -0.631. The van der Waals surface area contributed by atoms with Crippen molar-refractivity contribution in [3.8, 4) is 17.2 Å². The Kier molecular flexibility index (Phi) is 6.21. The van der Waals surface area contributed by atoms with E-state index in [2.05, 4.69) is 10.5 Å². The fourth-order valence-corrected chi connectivity index (χ4v) is 2.87. The number of methoxy groups -OCH3 is 2. The van der Waals surface area contributed by atoms with Crippen molar-refractivity contribution in [2.45, 2.75) is 6.92 Å². The van der Waals surface area contributed by atoms with Crippen LogP contribution in [0.1, 0.15) is 21.7 Å². The first-order valence-electron chi connectivity index (χ1n) is 8.93. The van der Waals surface area contributed by atoms with E-state index >= 15 is 0 Å². The van der Waals surface area contributed by atoms with Gasteiger partial charge in [-0.1, -0.05) is 18.2 Å². The zero-order valence-electron chi connectivity index (χ0n) is 16.7. The highest BCUT2D eigenvalue weighted by Crippen LogP contribution is 2.38. The van der Waals surface area contributed by atoms with E-state index in [0.717, 1.165) is 10.9 Å². The van der Waals surface area contributed by atoms with Crippen LogP contribution in [0, 0.1) is 6.92 Å². The third kappa shape index (κ3) is 4.35. The Hall–Kier alpha value is -4.01. The van der Waals surface area contributed by atoms with E-state index in [1.54, 1.807) is 18.2 Å². The van der Waals surface area contributed by atoms with Crippen molar-refractivity contribution in [3.63, 3.8) is 0 Å². The second kappa shape index (κ2) is 8.99. The molecule has 0 fully saturated rings. The molecule has 0 saturated carbocycles. The number of amides is 2. The number of hydrazone groups is 1. The summed E-state index contributed by atoms with van der Waals surface area (Å²) in [5.41, 5.74) is 9.49. The number of benzene rings is 2. The first-order chi connectivity index (χ1) is 14.4. The van der Waals surface area contributed by atoms with E-state index in [9.17, 15) is 9.59 Å². The van der Waals surface area contributed by atoms with Gasteiger partial charge in [0.25, 0.3) is 5.91 Å². The molecule has 0 saturated heterocycles. The maximum atomic E-state index is 12.4. The number of carbonyl (C=O) groups excluding carboxylic acids is 2. The number of nitrogens with one attached hydrogen (secondary N) is 1. The Labute approximate surface area is 172 Å². The van der Waals surface area contributed by atoms with Gasteiger partial charge in [0.1, 0.15) is 5.58 Å². The lowest BCUT2D eigenvalue weighted by Crippen LogP contribution is -2.20. The molecule has 0 aliphatic heterocycles. The summed E-state index contributed by atoms with van der Waals surface area (Å²) in [5.74, 6) is -0.0433. The molecule has 0 aliphatic rings. The van der Waals surface area contributed by atoms with Gasteiger partial charge < -0.3 is 24.4 Å². The first-order valence-corrected chi connectivity index (χ1v) is 8.93. The van der Waals surface area contributed by atoms with E-state index in [1.165, 1.54) is 20.4 Å². The van der Waals surface area contributed by atoms with Crippen LogP contribution in [0.25, 0.3) is 11.0 Å². The Morgan fingerprint density at radius 3 is 2.43 bits per heavy atom. The predicted octanol–water partition coefficient (Wildman–Crippen LogP) is 2.39. The molecule has 0 bridgehead atoms. The molecule has 156 valence electrons. The van der Waals surface area contributed by atoms with Gasteiger partial charge in [0.05, 0.1) is 20.4 Å². The van der Waals surface area contributed by atoms with Crippen LogP contribution in [-0.4, -0.2) is 38.9 Å². The van der Waals surface area contributed by atoms with E-state index in [1.807, 2.05) is 25.1 Å². The maximum absolute atomic E-state index is 12.4. The molecule has 0 spiro atoms. The summed E-state index contributed by atoms with van der Waals surface area (Å²) in [6.07, 6.45) is 1.42. The lowest BCUT2D eigenvalue weighted by atomic mass is 10.1. The van der Waals surface area contributed by atoms with Crippen LogP contribution in [0.5, 0.6) is 17.2 Å². The number of hydrogen-bond donors (Lipinski definition) is 2. The van der Waals surface area contributed by atoms with Crippen LogP contribution in [0.15, 0.2) is 45.9 Å². The van der Waals surface area contributed by atoms with Crippen molar-refractivity contribution in [1.82, 2.24) is 5.43 Å². The third-order valence-corrected chi connectivity index (χ3v) is 4.27. The molecule has 0 atom stereocenters. The second-order valence-electron chi connectivity index (χ2n) is 6.26. The number of ether oxygens (including phenoxy) is 3. The van der Waals surface area contributed by atoms with Crippen molar-refractivity contribution in [3.05, 3.63) is 53.3 Å². The van der Waals surface area contributed by atoms with Gasteiger partial charge in [0, 0.05) is 16.5 Å². The van der Waals surface area contributed by atoms with Gasteiger partial charge in [-0.05, 0) is 25.1 Å². The number of hydrogen-bond acceptors (Lipinski definition) is 7. The molecule has 1 heterocycles. The summed E-state index contributed by atoms with van der Waals surface area (Å²) in [6, 6.07) is 10.6. The van der Waals surface area contributed by atoms with E-state index < -0.39 is 11.8 Å². The van der Waals surface area contributed by atoms with Gasteiger partial charge in [-0.3, -0.25) is 9.59 Å². The van der Waals surface area contributed by atoms with Gasteiger partial charge in [0.15, 0.2) is 23.9 Å². The van der Waals surface area contributed by atoms with Gasteiger partial charge >= 0.3 is 5.91 Å². The summed E-state index contributed by atoms with van der Waals surface area (Å²) < 4.78 is 21.5. The molecule has 0 unspecified atom stereocenters. The largest absolute Gasteiger partial charge is 0.493 e. The Balaban J connectivity index is 1.78. The zero-order valence-corrected chi connectivity index (χ0v) is 16.7. The highest BCUT2D eigenvalue weighted by atomic mass is 16.5. The summed E-state index contributed by atoms with van der Waals surface area (Å²) in [4.78, 5) is 23.4. The highest BCUT2D eigenvalue weighted by Gasteiger charge is 2.17. The summed E-state index contributed by atoms with van der Waals surface area (Å²) in [5, 5.41) is 4.84. The summed E-state index contributed by atoms with van der Waals surface area (Å²) >= 11 is 0. The average Bonchev–Trinajstić information content (AvgIpc) is 3.08. The molecule has 9 nitrogen and oxygen atoms in total. The lowest BCUT2D eigenvalue weighted by Gasteiger charge is -2.14. The molecule has 0 aliphatic carbocycles. The minimum Gasteiger partial charge on any atom is -0.493 e. The molecule has 0 radical (unpaired) electrons. The van der Waals surface area contributed by atoms with Crippen molar-refractivity contribution in [1.29, 1.82) is 0 Å². The minimum absolute atomic E-state index is 0.193. The normalized spacial score (nSPS) is 10.9. The number of nitrogens with two attached hydrogens (primary N) is 1. The smallest absolute Gasteiger partial charge is 0.307 e. The van der Waals surface area contributed by atoms with Crippen LogP contribution in [0.3, 0.4) is 0 Å². The number of rotatable bonds is 8. The monoisotopic (exact) mass is 411 g/mol. The molecule has 3 rings (SSSR count). The number of carbonyl (C=O) groups is 2. The van der Waals surface area contributed by atoms with Crippen molar-refractivity contribution in [2.24, 2.45) is 10.8 Å². The van der Waals surface area contributed by atoms with E-state index in [0.29, 0.717) is 22.6 Å². The Morgan fingerprint density at radius 2 is 1.83 bits per heavy atom. The first kappa shape index (κ1) is 20.7. The van der Waals surface area contributed by atoms with Crippen molar-refractivity contribution >= 4 is 29.0 Å². The lowest BCUT2D eigenvalue weighted by molar-refractivity contribution is -0.120. The average molecular weight is 411 g/mol. The molecule has 30 heavy (non-hydrogen) atoms. The molecule has 3 N–H and O–H groups in total. The van der Waals surface area contributed by atoms with Crippen molar-refractivity contribution in [2.75, 3.05) is 20.8 Å². The number of primary amides is 1. The predicted molar refractivity (Wildman–Crippen MR) is 110 cm³/mol. The summed E-state index contributed by atoms with van der Waals surface area (Å²) in [7, 11) is 2.89.